The van der Waals surface area contributed by atoms with Gasteiger partial charge in [-0.15, -0.1) is 0 Å². The lowest BCUT2D eigenvalue weighted by Crippen LogP contribution is -2.44. The van der Waals surface area contributed by atoms with Gasteiger partial charge < -0.3 is 14.2 Å². The Bertz CT molecular complexity index is 963. The van der Waals surface area contributed by atoms with Gasteiger partial charge in [0.2, 0.25) is 5.91 Å². The molecule has 2 aliphatic rings. The van der Waals surface area contributed by atoms with Crippen LogP contribution in [0.4, 0.5) is 0 Å². The highest BCUT2D eigenvalue weighted by molar-refractivity contribution is 5.99. The third-order valence-corrected chi connectivity index (χ3v) is 7.28. The number of aryl methyl sites for hydroxylation is 1. The molecule has 6 heteroatoms. The van der Waals surface area contributed by atoms with Crippen molar-refractivity contribution in [1.29, 1.82) is 0 Å². The lowest BCUT2D eigenvalue weighted by atomic mass is 9.94. The number of ether oxygens (including phenoxy) is 1. The molecule has 0 aliphatic carbocycles. The number of benzene rings is 1. The van der Waals surface area contributed by atoms with Crippen molar-refractivity contribution in [3.05, 3.63) is 47.3 Å². The Morgan fingerprint density at radius 1 is 0.939 bits per heavy atom. The van der Waals surface area contributed by atoms with Crippen LogP contribution in [0.1, 0.15) is 60.3 Å². The Morgan fingerprint density at radius 3 is 2.18 bits per heavy atom. The first kappa shape index (κ1) is 23.6. The predicted octanol–water partition coefficient (Wildman–Crippen LogP) is 4.40. The molecule has 4 rings (SSSR count). The highest BCUT2D eigenvalue weighted by Crippen LogP contribution is 2.25. The van der Waals surface area contributed by atoms with Gasteiger partial charge in [0.15, 0.2) is 5.78 Å². The van der Waals surface area contributed by atoms with Gasteiger partial charge in [-0.05, 0) is 83.0 Å². The monoisotopic (exact) mass is 451 g/mol. The van der Waals surface area contributed by atoms with Crippen LogP contribution < -0.4 is 4.74 Å². The van der Waals surface area contributed by atoms with Gasteiger partial charge in [-0.2, -0.15) is 0 Å². The molecule has 2 fully saturated rings. The molecule has 6 nitrogen and oxygen atoms in total. The number of nitrogens with zero attached hydrogens (tertiary/aromatic N) is 3. The molecule has 0 N–H and O–H groups in total. The van der Waals surface area contributed by atoms with E-state index in [0.717, 1.165) is 80.3 Å². The van der Waals surface area contributed by atoms with Gasteiger partial charge in [0.05, 0.1) is 13.7 Å². The summed E-state index contributed by atoms with van der Waals surface area (Å²) in [4.78, 5) is 30.4. The Balaban J connectivity index is 1.36. The van der Waals surface area contributed by atoms with E-state index < -0.39 is 0 Å². The molecule has 33 heavy (non-hydrogen) atoms. The number of piperidine rings is 1. The maximum atomic E-state index is 13.2. The molecule has 0 unspecified atom stereocenters. The van der Waals surface area contributed by atoms with E-state index in [1.807, 2.05) is 44.2 Å². The minimum Gasteiger partial charge on any atom is -0.497 e. The standard InChI is InChI=1S/C27H37N3O3/c1-20-18-25(21(2)30(20)23-8-10-24(33-3)11-9-23)26(31)19-28-16-12-22(13-17-28)27(32)29-14-6-4-5-7-15-29/h8-11,18,22H,4-7,12-17,19H2,1-3H3. The molecular weight excluding hydrogens is 414 g/mol. The van der Waals surface area contributed by atoms with Gasteiger partial charge in [0, 0.05) is 41.6 Å². The van der Waals surface area contributed by atoms with Crippen LogP contribution in [0, 0.1) is 19.8 Å². The molecule has 1 amide bonds. The summed E-state index contributed by atoms with van der Waals surface area (Å²) in [5, 5.41) is 0. The zero-order valence-corrected chi connectivity index (χ0v) is 20.3. The number of carbonyl (C=O) groups excluding carboxylic acids is 2. The molecule has 1 aromatic heterocycles. The number of rotatable bonds is 6. The number of amides is 1. The van der Waals surface area contributed by atoms with Crippen molar-refractivity contribution in [2.45, 2.75) is 52.4 Å². The molecule has 0 spiro atoms. The number of Topliss-reactive ketones (excluding diaryl/α,β-unsaturated/α-hetero) is 1. The van der Waals surface area contributed by atoms with Crippen LogP contribution in [0.3, 0.4) is 0 Å². The van der Waals surface area contributed by atoms with E-state index >= 15 is 0 Å². The second kappa shape index (κ2) is 10.6. The Kier molecular flexibility index (Phi) is 7.53. The third kappa shape index (κ3) is 5.32. The quantitative estimate of drug-likeness (QED) is 0.611. The van der Waals surface area contributed by atoms with Crippen LogP contribution in [0.15, 0.2) is 30.3 Å². The first-order chi connectivity index (χ1) is 16.0. The van der Waals surface area contributed by atoms with Crippen molar-refractivity contribution in [1.82, 2.24) is 14.4 Å². The smallest absolute Gasteiger partial charge is 0.225 e. The van der Waals surface area contributed by atoms with Gasteiger partial charge in [-0.1, -0.05) is 12.8 Å². The number of carbonyl (C=O) groups is 2. The lowest BCUT2D eigenvalue weighted by molar-refractivity contribution is -0.137. The summed E-state index contributed by atoms with van der Waals surface area (Å²) in [7, 11) is 1.66. The summed E-state index contributed by atoms with van der Waals surface area (Å²) in [6, 6.07) is 9.90. The van der Waals surface area contributed by atoms with Crippen LogP contribution in [-0.2, 0) is 4.79 Å². The minimum absolute atomic E-state index is 0.120. The topological polar surface area (TPSA) is 54.8 Å². The minimum atomic E-state index is 0.120. The van der Waals surface area contributed by atoms with Gasteiger partial charge in [0.25, 0.3) is 0 Å². The molecule has 0 bridgehead atoms. The Morgan fingerprint density at radius 2 is 1.58 bits per heavy atom. The molecule has 0 atom stereocenters. The highest BCUT2D eigenvalue weighted by Gasteiger charge is 2.30. The lowest BCUT2D eigenvalue weighted by Gasteiger charge is -2.33. The summed E-state index contributed by atoms with van der Waals surface area (Å²) in [6.07, 6.45) is 6.45. The molecule has 2 aromatic rings. The van der Waals surface area contributed by atoms with E-state index in [-0.39, 0.29) is 11.7 Å². The van der Waals surface area contributed by atoms with Crippen molar-refractivity contribution in [2.24, 2.45) is 5.92 Å². The van der Waals surface area contributed by atoms with E-state index in [9.17, 15) is 9.59 Å². The first-order valence-electron chi connectivity index (χ1n) is 12.4. The number of hydrogen-bond donors (Lipinski definition) is 0. The fraction of sp³-hybridized carbons (Fsp3) is 0.556. The molecule has 2 saturated heterocycles. The second-order valence-electron chi connectivity index (χ2n) is 9.53. The van der Waals surface area contributed by atoms with Gasteiger partial charge in [0.1, 0.15) is 5.75 Å². The Hall–Kier alpha value is -2.60. The zero-order chi connectivity index (χ0) is 23.4. The van der Waals surface area contributed by atoms with Gasteiger partial charge in [-0.25, -0.2) is 0 Å². The number of ketones is 1. The molecule has 2 aliphatic heterocycles. The van der Waals surface area contributed by atoms with Crippen molar-refractivity contribution >= 4 is 11.7 Å². The van der Waals surface area contributed by atoms with Crippen molar-refractivity contribution < 1.29 is 14.3 Å². The first-order valence-corrected chi connectivity index (χ1v) is 12.4. The summed E-state index contributed by atoms with van der Waals surface area (Å²) >= 11 is 0. The van der Waals surface area contributed by atoms with E-state index in [2.05, 4.69) is 14.4 Å². The summed E-state index contributed by atoms with van der Waals surface area (Å²) < 4.78 is 7.39. The van der Waals surface area contributed by atoms with Crippen LogP contribution in [0.2, 0.25) is 0 Å². The van der Waals surface area contributed by atoms with E-state index in [1.54, 1.807) is 7.11 Å². The molecule has 3 heterocycles. The van der Waals surface area contributed by atoms with Crippen molar-refractivity contribution in [3.63, 3.8) is 0 Å². The van der Waals surface area contributed by atoms with E-state index in [4.69, 9.17) is 4.74 Å². The van der Waals surface area contributed by atoms with Crippen LogP contribution in [-0.4, -0.2) is 65.9 Å². The van der Waals surface area contributed by atoms with Gasteiger partial charge in [-0.3, -0.25) is 14.5 Å². The fourth-order valence-electron chi connectivity index (χ4n) is 5.35. The normalized spacial score (nSPS) is 18.2. The zero-order valence-electron chi connectivity index (χ0n) is 20.3. The van der Waals surface area contributed by atoms with Crippen LogP contribution in [0.5, 0.6) is 5.75 Å². The highest BCUT2D eigenvalue weighted by atomic mass is 16.5. The molecule has 1 aromatic carbocycles. The maximum Gasteiger partial charge on any atom is 0.225 e. The Labute approximate surface area is 197 Å². The maximum absolute atomic E-state index is 13.2. The van der Waals surface area contributed by atoms with Gasteiger partial charge >= 0.3 is 0 Å². The average molecular weight is 452 g/mol. The number of hydrogen-bond acceptors (Lipinski definition) is 4. The number of likely N-dealkylation sites (tertiary alicyclic amines) is 2. The average Bonchev–Trinajstić information content (AvgIpc) is 3.00. The summed E-state index contributed by atoms with van der Waals surface area (Å²) in [6.45, 7) is 7.92. The number of aromatic nitrogens is 1. The van der Waals surface area contributed by atoms with Crippen molar-refractivity contribution in [3.8, 4) is 11.4 Å². The molecule has 0 radical (unpaired) electrons. The van der Waals surface area contributed by atoms with E-state index in [1.165, 1.54) is 12.8 Å². The largest absolute Gasteiger partial charge is 0.497 e. The molecule has 0 saturated carbocycles. The summed E-state index contributed by atoms with van der Waals surface area (Å²) in [5.74, 6) is 1.43. The molecule has 178 valence electrons. The predicted molar refractivity (Wildman–Crippen MR) is 130 cm³/mol. The SMILES string of the molecule is COc1ccc(-n2c(C)cc(C(=O)CN3CCC(C(=O)N4CCCCCC4)CC3)c2C)cc1. The summed E-state index contributed by atoms with van der Waals surface area (Å²) in [5.41, 5.74) is 3.82. The van der Waals surface area contributed by atoms with Crippen LogP contribution >= 0.6 is 0 Å². The van der Waals surface area contributed by atoms with E-state index in [0.29, 0.717) is 12.5 Å². The third-order valence-electron chi connectivity index (χ3n) is 7.28. The number of methoxy groups -OCH3 is 1. The molecular formula is C27H37N3O3. The second-order valence-corrected chi connectivity index (χ2v) is 9.53. The van der Waals surface area contributed by atoms with Crippen LogP contribution in [0.25, 0.3) is 5.69 Å². The fourth-order valence-corrected chi connectivity index (χ4v) is 5.35. The van der Waals surface area contributed by atoms with Crippen molar-refractivity contribution in [2.75, 3.05) is 39.8 Å².